The van der Waals surface area contributed by atoms with Gasteiger partial charge in [0.2, 0.25) is 11.6 Å². The molecule has 0 radical (unpaired) electrons. The number of hydrogen-bond donors (Lipinski definition) is 2. The number of carboxylic acid groups (broad SMARTS) is 1. The Hall–Kier alpha value is -3.07. The minimum Gasteiger partial charge on any atom is -0.454 e. The number of rotatable bonds is 5. The molecule has 1 aromatic carbocycles. The number of benzene rings is 1. The van der Waals surface area contributed by atoms with E-state index < -0.39 is 93.7 Å². The number of hydroxylamine groups is 1. The van der Waals surface area contributed by atoms with Crippen LogP contribution in [0.2, 0.25) is 5.02 Å². The van der Waals surface area contributed by atoms with Crippen LogP contribution in [0.25, 0.3) is 0 Å². The summed E-state index contributed by atoms with van der Waals surface area (Å²) in [4.78, 5) is 62.0. The molecule has 16 heteroatoms. The van der Waals surface area contributed by atoms with Gasteiger partial charge in [-0.15, -0.1) is 0 Å². The topological polar surface area (TPSA) is 158 Å². The summed E-state index contributed by atoms with van der Waals surface area (Å²) in [5.74, 6) is -3.30. The molecule has 55 heavy (non-hydrogen) atoms. The molecule has 1 saturated carbocycles. The van der Waals surface area contributed by atoms with Gasteiger partial charge in [-0.1, -0.05) is 59.9 Å². The molecule has 1 amide bonds. The molecule has 1 aromatic rings. The first kappa shape index (κ1) is 43.1. The number of carbonyl (C=O) groups is 4. The van der Waals surface area contributed by atoms with E-state index in [4.69, 9.17) is 58.6 Å². The Labute approximate surface area is 336 Å². The first-order chi connectivity index (χ1) is 25.2. The van der Waals surface area contributed by atoms with Crippen molar-refractivity contribution in [2.45, 2.75) is 135 Å². The number of quaternary nitrogens is 1. The molecule has 0 bridgehead atoms. The van der Waals surface area contributed by atoms with Gasteiger partial charge in [-0.3, -0.25) is 4.79 Å². The van der Waals surface area contributed by atoms with Gasteiger partial charge >= 0.3 is 24.2 Å². The van der Waals surface area contributed by atoms with E-state index >= 15 is 4.79 Å². The minimum absolute atomic E-state index is 0.0477. The third kappa shape index (κ3) is 7.01. The van der Waals surface area contributed by atoms with Crippen LogP contribution < -0.4 is 5.06 Å². The fourth-order valence-corrected chi connectivity index (χ4v) is 9.93. The van der Waals surface area contributed by atoms with Crippen molar-refractivity contribution >= 4 is 64.7 Å². The molecular weight excluding hydrogens is 779 g/mol. The maximum Gasteiger partial charge on any atom is 0.517 e. The molecule has 1 saturated heterocycles. The molecule has 2 fully saturated rings. The Balaban J connectivity index is 1.74. The highest BCUT2D eigenvalue weighted by Gasteiger charge is 2.79. The highest BCUT2D eigenvalue weighted by Crippen LogP contribution is 2.60. The maximum absolute atomic E-state index is 15.2. The summed E-state index contributed by atoms with van der Waals surface area (Å²) >= 11 is 19.3. The highest BCUT2D eigenvalue weighted by molar-refractivity contribution is 6.56. The summed E-state index contributed by atoms with van der Waals surface area (Å²) in [5, 5.41) is 25.9. The van der Waals surface area contributed by atoms with Gasteiger partial charge in [-0.05, 0) is 97.3 Å². The number of carbonyl (C=O) groups excluding carboxylic acids is 3. The van der Waals surface area contributed by atoms with Crippen molar-refractivity contribution in [3.63, 3.8) is 0 Å². The molecule has 4 aliphatic rings. The number of anilines is 1. The average molecular weight is 831 g/mol. The first-order valence-electron chi connectivity index (χ1n) is 18.3. The van der Waals surface area contributed by atoms with Crippen LogP contribution in [-0.4, -0.2) is 87.1 Å². The molecule has 2 aliphatic heterocycles. The van der Waals surface area contributed by atoms with Crippen LogP contribution in [-0.2, 0) is 39.0 Å². The monoisotopic (exact) mass is 829 g/mol. The zero-order chi connectivity index (χ0) is 41.4. The summed E-state index contributed by atoms with van der Waals surface area (Å²) in [6.45, 7) is 16.3. The van der Waals surface area contributed by atoms with Crippen LogP contribution >= 0.6 is 34.8 Å². The Morgan fingerprint density at radius 3 is 2.22 bits per heavy atom. The number of nitrogens with zero attached hydrogens (tertiary/aromatic N) is 2. The van der Waals surface area contributed by atoms with Crippen LogP contribution in [0.3, 0.4) is 0 Å². The van der Waals surface area contributed by atoms with Crippen molar-refractivity contribution in [2.24, 2.45) is 17.8 Å². The number of fused-ring (bicyclic) bond motifs is 4. The van der Waals surface area contributed by atoms with Crippen molar-refractivity contribution in [3.8, 4) is 0 Å². The van der Waals surface area contributed by atoms with E-state index in [2.05, 4.69) is 0 Å². The largest absolute Gasteiger partial charge is 0.517 e. The summed E-state index contributed by atoms with van der Waals surface area (Å²) in [5.41, 5.74) is -4.47. The van der Waals surface area contributed by atoms with Crippen LogP contribution in [0.15, 0.2) is 39.9 Å². The third-order valence-electron chi connectivity index (χ3n) is 11.8. The predicted molar refractivity (Wildman–Crippen MR) is 204 cm³/mol. The normalized spacial score (nSPS) is 34.3. The second-order valence-electron chi connectivity index (χ2n) is 17.2. The van der Waals surface area contributed by atoms with Gasteiger partial charge < -0.3 is 29.2 Å². The van der Waals surface area contributed by atoms with E-state index in [1.165, 1.54) is 19.0 Å². The van der Waals surface area contributed by atoms with E-state index in [-0.39, 0.29) is 21.0 Å². The van der Waals surface area contributed by atoms with Gasteiger partial charge in [0.15, 0.2) is 12.2 Å². The number of esters is 2. The van der Waals surface area contributed by atoms with Crippen molar-refractivity contribution in [1.82, 2.24) is 0 Å². The number of likely N-dealkylation sites (tertiary alicyclic amines) is 1. The van der Waals surface area contributed by atoms with Crippen LogP contribution in [0.1, 0.15) is 94.1 Å². The Morgan fingerprint density at radius 2 is 1.67 bits per heavy atom. The van der Waals surface area contributed by atoms with Crippen LogP contribution in [0.5, 0.6) is 0 Å². The third-order valence-corrected chi connectivity index (χ3v) is 12.7. The number of para-hydroxylation sites is 1. The number of allylic oxidation sites excluding steroid dienone is 1. The van der Waals surface area contributed by atoms with E-state index in [1.54, 1.807) is 73.6 Å². The molecule has 13 nitrogen and oxygen atoms in total. The Morgan fingerprint density at radius 1 is 1.04 bits per heavy atom. The van der Waals surface area contributed by atoms with Crippen LogP contribution in [0, 0.1) is 17.8 Å². The SMILES string of the molecule is CC(=O)OC1C(C)=C[C@H]2[C@H](C(C)=C(Cl)Cl)CC[C@@H](C)[C@]2(O)[C@H]1OC(=O)[C@@H]1C[C@@]2(OC(=O)OC(C)(C)C)c3cccc(Cl)c3N(C)O[C@H]2[N+]1(C(=O)O)C(C)(C)C. The number of amides is 1. The quantitative estimate of drug-likeness (QED) is 0.127. The minimum atomic E-state index is -1.98. The maximum atomic E-state index is 15.2. The second-order valence-corrected chi connectivity index (χ2v) is 18.6. The van der Waals surface area contributed by atoms with Crippen molar-refractivity contribution < 1.29 is 57.7 Å². The lowest BCUT2D eigenvalue weighted by Gasteiger charge is -2.55. The number of ether oxygens (including phenoxy) is 4. The molecule has 2 unspecified atom stereocenters. The lowest BCUT2D eigenvalue weighted by atomic mass is 9.56. The fraction of sp³-hybridized carbons (Fsp3) is 0.641. The smallest absolute Gasteiger partial charge is 0.454 e. The highest BCUT2D eigenvalue weighted by atomic mass is 35.5. The Kier molecular flexibility index (Phi) is 11.5. The summed E-state index contributed by atoms with van der Waals surface area (Å²) in [6.07, 6.45) is -4.55. The van der Waals surface area contributed by atoms with E-state index in [1.807, 2.05) is 13.0 Å². The van der Waals surface area contributed by atoms with Gasteiger partial charge in [0, 0.05) is 25.5 Å². The zero-order valence-corrected chi connectivity index (χ0v) is 35.3. The fourth-order valence-electron chi connectivity index (χ4n) is 9.35. The summed E-state index contributed by atoms with van der Waals surface area (Å²) in [6, 6.07) is 3.20. The van der Waals surface area contributed by atoms with Crippen LogP contribution in [0.4, 0.5) is 15.3 Å². The molecular formula is C39H52Cl3N2O11+. The van der Waals surface area contributed by atoms with Gasteiger partial charge in [0.05, 0.1) is 17.1 Å². The van der Waals surface area contributed by atoms with Gasteiger partial charge in [0.25, 0.3) is 6.23 Å². The van der Waals surface area contributed by atoms with Gasteiger partial charge in [0.1, 0.15) is 21.2 Å². The first-order valence-corrected chi connectivity index (χ1v) is 19.4. The molecule has 5 rings (SSSR count). The number of hydrogen-bond acceptors (Lipinski definition) is 11. The van der Waals surface area contributed by atoms with Gasteiger partial charge in [-0.2, -0.15) is 9.28 Å². The predicted octanol–water partition coefficient (Wildman–Crippen LogP) is 8.17. The zero-order valence-electron chi connectivity index (χ0n) is 33.1. The Bertz CT molecular complexity index is 1820. The van der Waals surface area contributed by atoms with Crippen molar-refractivity contribution in [1.29, 1.82) is 0 Å². The van der Waals surface area contributed by atoms with Crippen molar-refractivity contribution in [3.05, 3.63) is 50.5 Å². The molecule has 2 heterocycles. The number of aliphatic hydroxyl groups is 1. The molecule has 10 atom stereocenters. The van der Waals surface area contributed by atoms with Gasteiger partial charge in [-0.25, -0.2) is 19.5 Å². The number of halogens is 3. The average Bonchev–Trinajstić information content (AvgIpc) is 3.35. The van der Waals surface area contributed by atoms with E-state index in [9.17, 15) is 24.6 Å². The lowest BCUT2D eigenvalue weighted by molar-refractivity contribution is -0.953. The molecule has 304 valence electrons. The second kappa shape index (κ2) is 14.7. The molecule has 0 aromatic heterocycles. The summed E-state index contributed by atoms with van der Waals surface area (Å²) in [7, 11) is 1.54. The lowest BCUT2D eigenvalue weighted by Crippen LogP contribution is -2.75. The van der Waals surface area contributed by atoms with E-state index in [0.29, 0.717) is 29.7 Å². The van der Waals surface area contributed by atoms with Crippen molar-refractivity contribution in [2.75, 3.05) is 12.1 Å². The molecule has 2 aliphatic carbocycles. The molecule has 0 spiro atoms. The molecule has 2 N–H and O–H groups in total. The summed E-state index contributed by atoms with van der Waals surface area (Å²) < 4.78 is 22.9. The van der Waals surface area contributed by atoms with E-state index in [0.717, 1.165) is 0 Å². The standard InChI is InChI=1S/C39H51Cl3N2O11/c1-19-17-25-23(21(3)31(41)42)16-15-20(2)39(25,50)30(29(19)51-22(4)45)52-32(46)27-18-38(54-35(49)53-37(8,9)10)24-13-12-14-26(40)28(24)43(11)55-33(38)44(27,34(47)48)36(5,6)7/h12-14,17,20,23,25,27,29-30,33,50H,15-16,18H2,1-11H3/p+1/t20-,23+,25+,27+,29?,30+,33-,38-,39-,44?/m1/s1.